The Balaban J connectivity index is 1.91. The molecule has 0 N–H and O–H groups in total. The van der Waals surface area contributed by atoms with E-state index in [1.54, 1.807) is 6.20 Å². The lowest BCUT2D eigenvalue weighted by molar-refractivity contribution is 0.316. The zero-order chi connectivity index (χ0) is 13.9. The van der Waals surface area contributed by atoms with Crippen molar-refractivity contribution in [2.75, 3.05) is 6.61 Å². The highest BCUT2D eigenvalue weighted by atomic mass is 79.9. The van der Waals surface area contributed by atoms with Crippen molar-refractivity contribution >= 4 is 15.9 Å². The molecule has 0 spiro atoms. The number of aromatic nitrogens is 3. The molecule has 0 atom stereocenters. The predicted octanol–water partition coefficient (Wildman–Crippen LogP) is 3.97. The molecule has 0 radical (unpaired) electrons. The van der Waals surface area contributed by atoms with Gasteiger partial charge in [-0.15, -0.1) is 0 Å². The van der Waals surface area contributed by atoms with E-state index in [1.807, 2.05) is 18.3 Å². The third kappa shape index (κ3) is 3.15. The maximum Gasteiger partial charge on any atom is 0.138 e. The minimum atomic E-state index is 0.527. The molecule has 0 bridgehead atoms. The van der Waals surface area contributed by atoms with E-state index < -0.39 is 0 Å². The summed E-state index contributed by atoms with van der Waals surface area (Å²) in [6.45, 7) is 2.78. The van der Waals surface area contributed by atoms with Gasteiger partial charge in [-0.05, 0) is 47.3 Å². The molecule has 0 unspecified atom stereocenters. The van der Waals surface area contributed by atoms with E-state index in [-0.39, 0.29) is 0 Å². The Morgan fingerprint density at radius 2 is 2.10 bits per heavy atom. The maximum atomic E-state index is 5.62. The molecule has 2 heterocycles. The van der Waals surface area contributed by atoms with Gasteiger partial charge < -0.3 is 4.74 Å². The summed E-state index contributed by atoms with van der Waals surface area (Å²) in [6, 6.07) is 3.90. The van der Waals surface area contributed by atoms with Crippen LogP contribution >= 0.6 is 15.9 Å². The molecule has 5 heteroatoms. The quantitative estimate of drug-likeness (QED) is 0.777. The highest BCUT2D eigenvalue weighted by Gasteiger charge is 2.27. The monoisotopic (exact) mass is 333 g/mol. The predicted molar refractivity (Wildman–Crippen MR) is 80.7 cm³/mol. The Bertz CT molecular complexity index is 614. The SMILES string of the molecule is CCCOc1cncc(-c2cc(Br)nc(C3CC3)n2)c1. The second-order valence-electron chi connectivity index (χ2n) is 4.97. The van der Waals surface area contributed by atoms with Gasteiger partial charge in [-0.25, -0.2) is 9.97 Å². The van der Waals surface area contributed by atoms with E-state index >= 15 is 0 Å². The summed E-state index contributed by atoms with van der Waals surface area (Å²) in [7, 11) is 0. The number of hydrogen-bond acceptors (Lipinski definition) is 4. The number of hydrogen-bond donors (Lipinski definition) is 0. The van der Waals surface area contributed by atoms with Crippen LogP contribution in [0, 0.1) is 0 Å². The minimum absolute atomic E-state index is 0.527. The Kier molecular flexibility index (Phi) is 3.96. The summed E-state index contributed by atoms with van der Waals surface area (Å²) in [6.07, 6.45) is 6.90. The molecule has 2 aromatic rings. The molecule has 0 aliphatic heterocycles. The van der Waals surface area contributed by atoms with Crippen molar-refractivity contribution in [3.8, 4) is 17.0 Å². The topological polar surface area (TPSA) is 47.9 Å². The largest absolute Gasteiger partial charge is 0.492 e. The van der Waals surface area contributed by atoms with Crippen molar-refractivity contribution in [2.24, 2.45) is 0 Å². The first-order chi connectivity index (χ1) is 9.76. The first kappa shape index (κ1) is 13.5. The third-order valence-corrected chi connectivity index (χ3v) is 3.54. The van der Waals surface area contributed by atoms with Crippen molar-refractivity contribution in [2.45, 2.75) is 32.1 Å². The van der Waals surface area contributed by atoms with Gasteiger partial charge in [-0.3, -0.25) is 4.98 Å². The van der Waals surface area contributed by atoms with Crippen LogP contribution in [-0.4, -0.2) is 21.6 Å². The van der Waals surface area contributed by atoms with Crippen LogP contribution in [0.3, 0.4) is 0 Å². The van der Waals surface area contributed by atoms with E-state index in [1.165, 1.54) is 12.8 Å². The van der Waals surface area contributed by atoms with Gasteiger partial charge in [0.05, 0.1) is 18.5 Å². The molecule has 4 nitrogen and oxygen atoms in total. The van der Waals surface area contributed by atoms with Crippen LogP contribution in [0.2, 0.25) is 0 Å². The molecule has 1 saturated carbocycles. The zero-order valence-electron chi connectivity index (χ0n) is 11.3. The number of nitrogens with zero attached hydrogens (tertiary/aromatic N) is 3. The smallest absolute Gasteiger partial charge is 0.138 e. The summed E-state index contributed by atoms with van der Waals surface area (Å²) in [4.78, 5) is 13.3. The van der Waals surface area contributed by atoms with E-state index in [0.717, 1.165) is 33.9 Å². The number of ether oxygens (including phenoxy) is 1. The van der Waals surface area contributed by atoms with Gasteiger partial charge in [0.25, 0.3) is 0 Å². The lowest BCUT2D eigenvalue weighted by atomic mass is 10.2. The number of rotatable bonds is 5. The van der Waals surface area contributed by atoms with Crippen molar-refractivity contribution in [1.29, 1.82) is 0 Å². The lowest BCUT2D eigenvalue weighted by Gasteiger charge is -2.07. The third-order valence-electron chi connectivity index (χ3n) is 3.14. The Morgan fingerprint density at radius 3 is 2.85 bits per heavy atom. The molecular formula is C15H16BrN3O. The van der Waals surface area contributed by atoms with E-state index in [2.05, 4.69) is 37.8 Å². The van der Waals surface area contributed by atoms with Gasteiger partial charge in [0.2, 0.25) is 0 Å². The fraction of sp³-hybridized carbons (Fsp3) is 0.400. The summed E-state index contributed by atoms with van der Waals surface area (Å²) < 4.78 is 6.44. The highest BCUT2D eigenvalue weighted by molar-refractivity contribution is 9.10. The van der Waals surface area contributed by atoms with Crippen LogP contribution in [0.4, 0.5) is 0 Å². The highest BCUT2D eigenvalue weighted by Crippen LogP contribution is 2.39. The molecular weight excluding hydrogens is 318 g/mol. The van der Waals surface area contributed by atoms with Crippen LogP contribution in [-0.2, 0) is 0 Å². The van der Waals surface area contributed by atoms with E-state index in [9.17, 15) is 0 Å². The second-order valence-corrected chi connectivity index (χ2v) is 5.78. The molecule has 0 saturated heterocycles. The molecule has 1 fully saturated rings. The molecule has 3 rings (SSSR count). The number of pyridine rings is 1. The summed E-state index contributed by atoms with van der Waals surface area (Å²) >= 11 is 3.46. The zero-order valence-corrected chi connectivity index (χ0v) is 12.9. The first-order valence-electron chi connectivity index (χ1n) is 6.89. The molecule has 1 aliphatic rings. The molecule has 1 aliphatic carbocycles. The van der Waals surface area contributed by atoms with Crippen molar-refractivity contribution in [3.63, 3.8) is 0 Å². The van der Waals surface area contributed by atoms with Gasteiger partial charge in [-0.1, -0.05) is 6.92 Å². The Hall–Kier alpha value is -1.49. The Labute approximate surface area is 126 Å². The molecule has 20 heavy (non-hydrogen) atoms. The van der Waals surface area contributed by atoms with Gasteiger partial charge in [-0.2, -0.15) is 0 Å². The second kappa shape index (κ2) is 5.87. The van der Waals surface area contributed by atoms with Crippen LogP contribution in [0.15, 0.2) is 29.1 Å². The van der Waals surface area contributed by atoms with Crippen molar-refractivity contribution < 1.29 is 4.74 Å². The average molecular weight is 334 g/mol. The van der Waals surface area contributed by atoms with Crippen LogP contribution in [0.5, 0.6) is 5.75 Å². The van der Waals surface area contributed by atoms with Gasteiger partial charge >= 0.3 is 0 Å². The number of halogens is 1. The molecule has 2 aromatic heterocycles. The molecule has 0 aromatic carbocycles. The van der Waals surface area contributed by atoms with Crippen molar-refractivity contribution in [1.82, 2.24) is 15.0 Å². The van der Waals surface area contributed by atoms with Crippen LogP contribution < -0.4 is 4.74 Å². The van der Waals surface area contributed by atoms with Gasteiger partial charge in [0, 0.05) is 17.7 Å². The average Bonchev–Trinajstić information content (AvgIpc) is 3.29. The Morgan fingerprint density at radius 1 is 1.25 bits per heavy atom. The summed E-state index contributed by atoms with van der Waals surface area (Å²) in [5, 5.41) is 0. The molecule has 0 amide bonds. The maximum absolute atomic E-state index is 5.62. The fourth-order valence-electron chi connectivity index (χ4n) is 1.96. The standard InChI is InChI=1S/C15H16BrN3O/c1-2-5-20-12-6-11(8-17-9-12)13-7-14(16)19-15(18-13)10-3-4-10/h6-10H,2-5H2,1H3. The first-order valence-corrected chi connectivity index (χ1v) is 7.68. The normalized spacial score (nSPS) is 14.3. The molecule has 104 valence electrons. The lowest BCUT2D eigenvalue weighted by Crippen LogP contribution is -1.98. The fourth-order valence-corrected chi connectivity index (χ4v) is 2.36. The van der Waals surface area contributed by atoms with Gasteiger partial charge in [0.1, 0.15) is 16.2 Å². The summed E-state index contributed by atoms with van der Waals surface area (Å²) in [5.74, 6) is 2.24. The summed E-state index contributed by atoms with van der Waals surface area (Å²) in [5.41, 5.74) is 1.85. The minimum Gasteiger partial charge on any atom is -0.492 e. The van der Waals surface area contributed by atoms with Crippen LogP contribution in [0.25, 0.3) is 11.3 Å². The van der Waals surface area contributed by atoms with E-state index in [0.29, 0.717) is 12.5 Å². The van der Waals surface area contributed by atoms with Gasteiger partial charge in [0.15, 0.2) is 0 Å². The van der Waals surface area contributed by atoms with Crippen molar-refractivity contribution in [3.05, 3.63) is 35.0 Å². The van der Waals surface area contributed by atoms with Crippen LogP contribution in [0.1, 0.15) is 37.9 Å². The van der Waals surface area contributed by atoms with E-state index in [4.69, 9.17) is 4.74 Å².